The van der Waals surface area contributed by atoms with E-state index in [0.29, 0.717) is 16.8 Å². The number of likely N-dealkylation sites (tertiary alicyclic amines) is 1. The molecule has 2 fully saturated rings. The summed E-state index contributed by atoms with van der Waals surface area (Å²) in [6.07, 6.45) is 4.84. The molecule has 2 aliphatic rings. The van der Waals surface area contributed by atoms with Crippen molar-refractivity contribution in [3.63, 3.8) is 0 Å². The Balaban J connectivity index is 0.00000192. The Bertz CT molecular complexity index is 498. The number of nitrogens with zero attached hydrogens (tertiary/aromatic N) is 1. The van der Waals surface area contributed by atoms with E-state index in [4.69, 9.17) is 16.3 Å². The summed E-state index contributed by atoms with van der Waals surface area (Å²) in [4.78, 5) is 14.1. The highest BCUT2D eigenvalue weighted by atomic mass is 35.5. The second-order valence-electron chi connectivity index (χ2n) is 6.25. The highest BCUT2D eigenvalue weighted by Crippen LogP contribution is 2.28. The number of rotatable bonds is 6. The van der Waals surface area contributed by atoms with Gasteiger partial charge in [-0.3, -0.25) is 4.79 Å². The number of halogens is 2. The number of nitrogens with one attached hydrogen (secondary N) is 1. The second-order valence-corrected chi connectivity index (χ2v) is 6.69. The van der Waals surface area contributed by atoms with Gasteiger partial charge in [0.25, 0.3) is 5.91 Å². The van der Waals surface area contributed by atoms with Crippen LogP contribution in [0.1, 0.15) is 25.7 Å². The Kier molecular flexibility index (Phi) is 7.00. The molecule has 1 N–H and O–H groups in total. The van der Waals surface area contributed by atoms with E-state index in [1.807, 2.05) is 4.90 Å². The molecule has 0 atom stereocenters. The van der Waals surface area contributed by atoms with Crippen LogP contribution in [0.4, 0.5) is 0 Å². The van der Waals surface area contributed by atoms with Gasteiger partial charge in [0.2, 0.25) is 0 Å². The number of carbonyl (C=O) groups excluding carboxylic acids is 1. The van der Waals surface area contributed by atoms with Crippen molar-refractivity contribution in [1.82, 2.24) is 10.2 Å². The first-order valence-electron chi connectivity index (χ1n) is 8.10. The quantitative estimate of drug-likeness (QED) is 0.849. The molecular weight excluding hydrogens is 335 g/mol. The molecule has 6 heteroatoms. The Morgan fingerprint density at radius 1 is 1.17 bits per heavy atom. The lowest BCUT2D eigenvalue weighted by atomic mass is 10.0. The molecule has 1 aromatic carbocycles. The number of ether oxygens (including phenoxy) is 1. The van der Waals surface area contributed by atoms with E-state index < -0.39 is 0 Å². The summed E-state index contributed by atoms with van der Waals surface area (Å²) in [7, 11) is 0. The van der Waals surface area contributed by atoms with Gasteiger partial charge < -0.3 is 15.0 Å². The molecule has 1 saturated carbocycles. The first-order chi connectivity index (χ1) is 10.7. The molecule has 1 saturated heterocycles. The molecule has 0 spiro atoms. The van der Waals surface area contributed by atoms with Crippen LogP contribution < -0.4 is 10.1 Å². The van der Waals surface area contributed by atoms with E-state index in [2.05, 4.69) is 5.32 Å². The van der Waals surface area contributed by atoms with E-state index in [9.17, 15) is 4.79 Å². The summed E-state index contributed by atoms with van der Waals surface area (Å²) in [5.74, 6) is 1.65. The molecule has 1 amide bonds. The lowest BCUT2D eigenvalue weighted by Gasteiger charge is -2.32. The lowest BCUT2D eigenvalue weighted by molar-refractivity contribution is -0.134. The zero-order chi connectivity index (χ0) is 15.4. The Hall–Kier alpha value is -0.970. The molecule has 1 heterocycles. The number of hydrogen-bond acceptors (Lipinski definition) is 3. The van der Waals surface area contributed by atoms with E-state index in [-0.39, 0.29) is 24.9 Å². The van der Waals surface area contributed by atoms with E-state index in [0.717, 1.165) is 38.4 Å². The molecule has 0 aromatic heterocycles. The first-order valence-corrected chi connectivity index (χ1v) is 8.48. The third kappa shape index (κ3) is 5.87. The van der Waals surface area contributed by atoms with Crippen molar-refractivity contribution < 1.29 is 9.53 Å². The van der Waals surface area contributed by atoms with Crippen LogP contribution in [0, 0.1) is 5.92 Å². The van der Waals surface area contributed by atoms with Crippen molar-refractivity contribution in [1.29, 1.82) is 0 Å². The molecule has 0 radical (unpaired) electrons. The molecular formula is C17H24Cl2N2O2. The first kappa shape index (κ1) is 18.4. The lowest BCUT2D eigenvalue weighted by Crippen LogP contribution is -2.46. The summed E-state index contributed by atoms with van der Waals surface area (Å²) in [6.45, 7) is 2.90. The zero-order valence-electron chi connectivity index (χ0n) is 13.2. The monoisotopic (exact) mass is 358 g/mol. The maximum Gasteiger partial charge on any atom is 0.260 e. The molecule has 0 unspecified atom stereocenters. The minimum absolute atomic E-state index is 0. The van der Waals surface area contributed by atoms with Gasteiger partial charge in [0, 0.05) is 24.2 Å². The van der Waals surface area contributed by atoms with E-state index >= 15 is 0 Å². The van der Waals surface area contributed by atoms with Gasteiger partial charge in [-0.25, -0.2) is 0 Å². The summed E-state index contributed by atoms with van der Waals surface area (Å²) in [5.41, 5.74) is 0. The number of amides is 1. The minimum Gasteiger partial charge on any atom is -0.484 e. The number of piperidine rings is 1. The summed E-state index contributed by atoms with van der Waals surface area (Å²) < 4.78 is 5.52. The fraction of sp³-hybridized carbons (Fsp3) is 0.588. The van der Waals surface area contributed by atoms with Gasteiger partial charge in [0.15, 0.2) is 6.61 Å². The zero-order valence-corrected chi connectivity index (χ0v) is 14.7. The van der Waals surface area contributed by atoms with Gasteiger partial charge in [-0.2, -0.15) is 0 Å². The smallest absolute Gasteiger partial charge is 0.260 e. The van der Waals surface area contributed by atoms with Gasteiger partial charge in [-0.05, 0) is 62.4 Å². The van der Waals surface area contributed by atoms with Crippen molar-refractivity contribution in [3.05, 3.63) is 29.3 Å². The van der Waals surface area contributed by atoms with Crippen LogP contribution in [0.3, 0.4) is 0 Å². The predicted octanol–water partition coefficient (Wildman–Crippen LogP) is 3.13. The molecule has 3 rings (SSSR count). The van der Waals surface area contributed by atoms with E-state index in [1.54, 1.807) is 24.3 Å². The van der Waals surface area contributed by atoms with Crippen LogP contribution in [0.2, 0.25) is 5.02 Å². The molecule has 0 bridgehead atoms. The van der Waals surface area contributed by atoms with Gasteiger partial charge in [0.05, 0.1) is 0 Å². The highest BCUT2D eigenvalue weighted by Gasteiger charge is 2.26. The maximum absolute atomic E-state index is 12.2. The summed E-state index contributed by atoms with van der Waals surface area (Å²) in [5, 5.41) is 4.29. The SMILES string of the molecule is Cl.O=C(COc1ccc(Cl)cc1)N1CCC(NCC2CC2)CC1. The fourth-order valence-electron chi connectivity index (χ4n) is 2.76. The molecule has 4 nitrogen and oxygen atoms in total. The Morgan fingerprint density at radius 2 is 1.83 bits per heavy atom. The number of carbonyl (C=O) groups is 1. The van der Waals surface area contributed by atoms with Crippen LogP contribution in [0.5, 0.6) is 5.75 Å². The Labute approximate surface area is 148 Å². The second kappa shape index (κ2) is 8.76. The van der Waals surface area contributed by atoms with Crippen LogP contribution in [-0.4, -0.2) is 43.1 Å². The van der Waals surface area contributed by atoms with Gasteiger partial charge in [-0.1, -0.05) is 11.6 Å². The fourth-order valence-corrected chi connectivity index (χ4v) is 2.88. The van der Waals surface area contributed by atoms with E-state index in [1.165, 1.54) is 12.8 Å². The predicted molar refractivity (Wildman–Crippen MR) is 94.5 cm³/mol. The van der Waals surface area contributed by atoms with Crippen molar-refractivity contribution in [3.8, 4) is 5.75 Å². The Morgan fingerprint density at radius 3 is 2.43 bits per heavy atom. The van der Waals surface area contributed by atoms with Gasteiger partial charge in [0.1, 0.15) is 5.75 Å². The summed E-state index contributed by atoms with van der Waals surface area (Å²) in [6, 6.07) is 7.66. The third-order valence-corrected chi connectivity index (χ3v) is 4.67. The van der Waals surface area contributed by atoms with Gasteiger partial charge in [-0.15, -0.1) is 12.4 Å². The van der Waals surface area contributed by atoms with Crippen molar-refractivity contribution >= 4 is 29.9 Å². The van der Waals surface area contributed by atoms with Crippen molar-refractivity contribution in [2.75, 3.05) is 26.2 Å². The average molecular weight is 359 g/mol. The van der Waals surface area contributed by atoms with Crippen LogP contribution in [0.15, 0.2) is 24.3 Å². The highest BCUT2D eigenvalue weighted by molar-refractivity contribution is 6.30. The topological polar surface area (TPSA) is 41.6 Å². The molecule has 1 aromatic rings. The van der Waals surface area contributed by atoms with Crippen molar-refractivity contribution in [2.45, 2.75) is 31.7 Å². The van der Waals surface area contributed by atoms with Crippen LogP contribution >= 0.6 is 24.0 Å². The third-order valence-electron chi connectivity index (χ3n) is 4.42. The molecule has 1 aliphatic heterocycles. The number of hydrogen-bond donors (Lipinski definition) is 1. The standard InChI is InChI=1S/C17H23ClN2O2.ClH/c18-14-3-5-16(6-4-14)22-12-17(21)20-9-7-15(8-10-20)19-11-13-1-2-13;/h3-6,13,15,19H,1-2,7-12H2;1H. The largest absolute Gasteiger partial charge is 0.484 e. The van der Waals surface area contributed by atoms with Crippen molar-refractivity contribution in [2.24, 2.45) is 5.92 Å². The van der Waals surface area contributed by atoms with Crippen LogP contribution in [-0.2, 0) is 4.79 Å². The van der Waals surface area contributed by atoms with Crippen LogP contribution in [0.25, 0.3) is 0 Å². The molecule has 23 heavy (non-hydrogen) atoms. The number of benzene rings is 1. The van der Waals surface area contributed by atoms with Gasteiger partial charge >= 0.3 is 0 Å². The minimum atomic E-state index is 0. The summed E-state index contributed by atoms with van der Waals surface area (Å²) >= 11 is 5.82. The average Bonchev–Trinajstić information content (AvgIpc) is 3.37. The molecule has 1 aliphatic carbocycles. The normalized spacial score (nSPS) is 18.4. The molecule has 128 valence electrons. The maximum atomic E-state index is 12.2.